The Bertz CT molecular complexity index is 905. The lowest BCUT2D eigenvalue weighted by molar-refractivity contribution is 0.671. The molecule has 0 spiro atoms. The van der Waals surface area contributed by atoms with Crippen LogP contribution in [-0.2, 0) is 13.0 Å². The number of aryl methyl sites for hydroxylation is 2. The van der Waals surface area contributed by atoms with Gasteiger partial charge in [0.2, 0.25) is 5.95 Å². The molecule has 3 heterocycles. The fraction of sp³-hybridized carbons (Fsp3) is 0.333. The van der Waals surface area contributed by atoms with Crippen LogP contribution in [0.5, 0.6) is 0 Å². The minimum Gasteiger partial charge on any atom is -0.368 e. The zero-order valence-corrected chi connectivity index (χ0v) is 15.4. The second-order valence-electron chi connectivity index (χ2n) is 5.36. The molecular formula is C15H16BrClN6. The van der Waals surface area contributed by atoms with Gasteiger partial charge in [-0.2, -0.15) is 10.1 Å². The summed E-state index contributed by atoms with van der Waals surface area (Å²) in [6.07, 6.45) is 2.58. The van der Waals surface area contributed by atoms with Gasteiger partial charge in [0.05, 0.1) is 23.3 Å². The van der Waals surface area contributed by atoms with Gasteiger partial charge < -0.3 is 5.73 Å². The van der Waals surface area contributed by atoms with Crippen molar-refractivity contribution >= 4 is 44.5 Å². The summed E-state index contributed by atoms with van der Waals surface area (Å²) < 4.78 is 2.84. The van der Waals surface area contributed by atoms with Crippen LogP contribution < -0.4 is 5.73 Å². The molecule has 0 atom stereocenters. The van der Waals surface area contributed by atoms with Crippen molar-refractivity contribution in [1.82, 2.24) is 24.7 Å². The van der Waals surface area contributed by atoms with Crippen molar-refractivity contribution in [3.8, 4) is 0 Å². The molecule has 0 amide bonds. The molecule has 23 heavy (non-hydrogen) atoms. The Morgan fingerprint density at radius 3 is 2.70 bits per heavy atom. The van der Waals surface area contributed by atoms with E-state index in [1.165, 1.54) is 0 Å². The lowest BCUT2D eigenvalue weighted by Gasteiger charge is -2.09. The normalized spacial score (nSPS) is 11.3. The van der Waals surface area contributed by atoms with Crippen LogP contribution in [0.4, 0.5) is 5.95 Å². The predicted molar refractivity (Wildman–Crippen MR) is 94.6 cm³/mol. The van der Waals surface area contributed by atoms with Crippen LogP contribution in [-0.4, -0.2) is 24.7 Å². The molecule has 0 unspecified atom stereocenters. The van der Waals surface area contributed by atoms with Crippen LogP contribution in [0, 0.1) is 13.8 Å². The molecule has 2 N–H and O–H groups in total. The molecular weight excluding hydrogens is 380 g/mol. The van der Waals surface area contributed by atoms with E-state index in [1.807, 2.05) is 27.0 Å². The van der Waals surface area contributed by atoms with Gasteiger partial charge in [-0.25, -0.2) is 9.67 Å². The number of hydrogen-bond acceptors (Lipinski definition) is 5. The molecule has 8 heteroatoms. The van der Waals surface area contributed by atoms with Gasteiger partial charge in [0.1, 0.15) is 5.15 Å². The van der Waals surface area contributed by atoms with E-state index < -0.39 is 0 Å². The van der Waals surface area contributed by atoms with E-state index >= 15 is 0 Å². The largest absolute Gasteiger partial charge is 0.368 e. The van der Waals surface area contributed by atoms with E-state index in [1.54, 1.807) is 4.68 Å². The van der Waals surface area contributed by atoms with Gasteiger partial charge >= 0.3 is 0 Å². The highest BCUT2D eigenvalue weighted by Crippen LogP contribution is 2.27. The fourth-order valence-corrected chi connectivity index (χ4v) is 3.14. The first-order valence-corrected chi connectivity index (χ1v) is 8.38. The van der Waals surface area contributed by atoms with Gasteiger partial charge in [0, 0.05) is 10.7 Å². The molecule has 0 saturated carbocycles. The lowest BCUT2D eigenvalue weighted by atomic mass is 10.1. The number of nitrogen functional groups attached to an aromatic ring is 1. The summed E-state index contributed by atoms with van der Waals surface area (Å²) in [5.74, 6) is 0.140. The van der Waals surface area contributed by atoms with Gasteiger partial charge in [-0.3, -0.25) is 4.98 Å². The van der Waals surface area contributed by atoms with E-state index in [-0.39, 0.29) is 5.95 Å². The summed E-state index contributed by atoms with van der Waals surface area (Å²) in [5, 5.41) is 5.71. The minimum atomic E-state index is 0.140. The Morgan fingerprint density at radius 1 is 1.26 bits per heavy atom. The molecule has 0 aliphatic heterocycles. The number of hydrogen-bond donors (Lipinski definition) is 1. The van der Waals surface area contributed by atoms with E-state index in [0.29, 0.717) is 17.3 Å². The number of fused-ring (bicyclic) bond motifs is 1. The Morgan fingerprint density at radius 2 is 2.00 bits per heavy atom. The van der Waals surface area contributed by atoms with Crippen LogP contribution in [0.15, 0.2) is 10.7 Å². The topological polar surface area (TPSA) is 82.5 Å². The highest BCUT2D eigenvalue weighted by molar-refractivity contribution is 9.10. The molecule has 120 valence electrons. The Balaban J connectivity index is 2.16. The zero-order valence-electron chi connectivity index (χ0n) is 13.1. The molecule has 0 aliphatic carbocycles. The number of nitrogens with two attached hydrogens (primary N) is 1. The molecule has 3 aromatic heterocycles. The van der Waals surface area contributed by atoms with Crippen molar-refractivity contribution in [1.29, 1.82) is 0 Å². The minimum absolute atomic E-state index is 0.140. The van der Waals surface area contributed by atoms with Gasteiger partial charge in [-0.15, -0.1) is 0 Å². The van der Waals surface area contributed by atoms with E-state index in [9.17, 15) is 0 Å². The average Bonchev–Trinajstić information content (AvgIpc) is 2.86. The lowest BCUT2D eigenvalue weighted by Crippen LogP contribution is -2.08. The SMILES string of the molecule is CCc1nn(Cc2ncc(C)c(Br)c2C)c2nc(N)nc(Cl)c12. The van der Waals surface area contributed by atoms with Crippen LogP contribution in [0.2, 0.25) is 5.15 Å². The quantitative estimate of drug-likeness (QED) is 0.687. The van der Waals surface area contributed by atoms with Gasteiger partial charge in [0.15, 0.2) is 5.65 Å². The molecule has 0 saturated heterocycles. The molecule has 3 rings (SSSR count). The third-order valence-corrected chi connectivity index (χ3v) is 5.29. The third kappa shape index (κ3) is 2.79. The van der Waals surface area contributed by atoms with Crippen molar-refractivity contribution in [2.24, 2.45) is 0 Å². The predicted octanol–water partition coefficient (Wildman–Crippen LogP) is 3.45. The van der Waals surface area contributed by atoms with Gasteiger partial charge in [-0.05, 0) is 31.4 Å². The number of rotatable bonds is 3. The Hall–Kier alpha value is -1.73. The number of nitrogens with zero attached hydrogens (tertiary/aromatic N) is 5. The number of aromatic nitrogens is 5. The van der Waals surface area contributed by atoms with E-state index in [4.69, 9.17) is 17.3 Å². The summed E-state index contributed by atoms with van der Waals surface area (Å²) in [6.45, 7) is 6.56. The maximum atomic E-state index is 6.23. The number of halogens is 2. The third-order valence-electron chi connectivity index (χ3n) is 3.79. The average molecular weight is 396 g/mol. The van der Waals surface area contributed by atoms with Crippen molar-refractivity contribution in [2.75, 3.05) is 5.73 Å². The van der Waals surface area contributed by atoms with Crippen LogP contribution in [0.3, 0.4) is 0 Å². The first-order valence-electron chi connectivity index (χ1n) is 7.21. The molecule has 0 fully saturated rings. The van der Waals surface area contributed by atoms with Crippen molar-refractivity contribution in [3.05, 3.63) is 38.3 Å². The van der Waals surface area contributed by atoms with Gasteiger partial charge in [0.25, 0.3) is 0 Å². The van der Waals surface area contributed by atoms with Crippen molar-refractivity contribution in [2.45, 2.75) is 33.7 Å². The fourth-order valence-electron chi connectivity index (χ4n) is 2.53. The standard InChI is InChI=1S/C15H16BrClN6/c1-4-9-11-13(17)20-15(18)21-14(11)23(22-9)6-10-8(3)12(16)7(2)5-19-10/h5H,4,6H2,1-3H3,(H2,18,20,21). The molecule has 6 nitrogen and oxygen atoms in total. The summed E-state index contributed by atoms with van der Waals surface area (Å²) in [7, 11) is 0. The molecule has 0 bridgehead atoms. The summed E-state index contributed by atoms with van der Waals surface area (Å²) in [6, 6.07) is 0. The van der Waals surface area contributed by atoms with Crippen molar-refractivity contribution < 1.29 is 0 Å². The molecule has 0 radical (unpaired) electrons. The molecule has 0 aromatic carbocycles. The monoisotopic (exact) mass is 394 g/mol. The highest BCUT2D eigenvalue weighted by atomic mass is 79.9. The maximum absolute atomic E-state index is 6.23. The highest BCUT2D eigenvalue weighted by Gasteiger charge is 2.17. The second kappa shape index (κ2) is 6.05. The number of pyridine rings is 1. The van der Waals surface area contributed by atoms with E-state index in [0.717, 1.165) is 38.8 Å². The Kier molecular flexibility index (Phi) is 4.25. The molecule has 3 aromatic rings. The Labute approximate surface area is 147 Å². The smallest absolute Gasteiger partial charge is 0.223 e. The summed E-state index contributed by atoms with van der Waals surface area (Å²) in [4.78, 5) is 12.9. The number of anilines is 1. The van der Waals surface area contributed by atoms with Crippen molar-refractivity contribution in [3.63, 3.8) is 0 Å². The summed E-state index contributed by atoms with van der Waals surface area (Å²) in [5.41, 5.74) is 10.3. The van der Waals surface area contributed by atoms with E-state index in [2.05, 4.69) is 36.0 Å². The summed E-state index contributed by atoms with van der Waals surface area (Å²) >= 11 is 9.83. The second-order valence-corrected chi connectivity index (χ2v) is 6.51. The van der Waals surface area contributed by atoms with Crippen LogP contribution in [0.25, 0.3) is 11.0 Å². The van der Waals surface area contributed by atoms with Gasteiger partial charge in [-0.1, -0.05) is 34.5 Å². The molecule has 0 aliphatic rings. The van der Waals surface area contributed by atoms with Crippen LogP contribution >= 0.6 is 27.5 Å². The van der Waals surface area contributed by atoms with Crippen LogP contribution in [0.1, 0.15) is 29.4 Å². The maximum Gasteiger partial charge on any atom is 0.223 e. The first kappa shape index (κ1) is 16.1. The zero-order chi connectivity index (χ0) is 16.7. The first-order chi connectivity index (χ1) is 10.9.